The number of hydrogen-bond acceptors (Lipinski definition) is 3. The van der Waals surface area contributed by atoms with Gasteiger partial charge in [-0.1, -0.05) is 44.2 Å². The highest BCUT2D eigenvalue weighted by Crippen LogP contribution is 2.25. The molecule has 0 spiro atoms. The normalized spacial score (nSPS) is 10.6. The zero-order valence-corrected chi connectivity index (χ0v) is 14.2. The van der Waals surface area contributed by atoms with Gasteiger partial charge in [-0.25, -0.2) is 0 Å². The first-order chi connectivity index (χ1) is 11.6. The fourth-order valence-electron chi connectivity index (χ4n) is 2.40. The second-order valence-corrected chi connectivity index (χ2v) is 5.93. The molecule has 0 saturated carbocycles. The van der Waals surface area contributed by atoms with Gasteiger partial charge < -0.3 is 14.6 Å². The summed E-state index contributed by atoms with van der Waals surface area (Å²) in [6.07, 6.45) is 0.675. The number of rotatable bonds is 9. The molecule has 0 bridgehead atoms. The van der Waals surface area contributed by atoms with Gasteiger partial charge in [-0.3, -0.25) is 4.79 Å². The Kier molecular flexibility index (Phi) is 6.67. The number of aliphatic carboxylic acids is 1. The lowest BCUT2D eigenvalue weighted by Gasteiger charge is -2.14. The molecular formula is C20H24O4. The maximum atomic E-state index is 10.6. The van der Waals surface area contributed by atoms with E-state index < -0.39 is 5.97 Å². The molecule has 24 heavy (non-hydrogen) atoms. The number of ether oxygens (including phenoxy) is 2. The van der Waals surface area contributed by atoms with Crippen LogP contribution >= 0.6 is 0 Å². The monoisotopic (exact) mass is 328 g/mol. The summed E-state index contributed by atoms with van der Waals surface area (Å²) < 4.78 is 11.5. The summed E-state index contributed by atoms with van der Waals surface area (Å²) in [7, 11) is 0. The Morgan fingerprint density at radius 1 is 1.00 bits per heavy atom. The van der Waals surface area contributed by atoms with Gasteiger partial charge in [0.1, 0.15) is 24.7 Å². The highest BCUT2D eigenvalue weighted by Gasteiger charge is 2.06. The SMILES string of the molecule is CC(C)c1ccccc1OCCOc1ccc(CCC(=O)O)cc1. The van der Waals surface area contributed by atoms with Crippen LogP contribution in [0, 0.1) is 0 Å². The Labute approximate surface area is 143 Å². The van der Waals surface area contributed by atoms with E-state index in [2.05, 4.69) is 19.9 Å². The standard InChI is InChI=1S/C20H24O4/c1-15(2)18-5-3-4-6-19(18)24-14-13-23-17-10-7-16(8-11-17)9-12-20(21)22/h3-8,10-11,15H,9,12-14H2,1-2H3,(H,21,22). The smallest absolute Gasteiger partial charge is 0.303 e. The molecule has 0 amide bonds. The molecule has 0 aliphatic heterocycles. The second-order valence-electron chi connectivity index (χ2n) is 5.93. The Bertz CT molecular complexity index is 647. The summed E-state index contributed by atoms with van der Waals surface area (Å²) >= 11 is 0. The third-order valence-electron chi connectivity index (χ3n) is 3.70. The molecule has 0 saturated heterocycles. The van der Waals surface area contributed by atoms with Gasteiger partial charge in [-0.2, -0.15) is 0 Å². The predicted octanol–water partition coefficient (Wildman–Crippen LogP) is 4.29. The van der Waals surface area contributed by atoms with Crippen LogP contribution in [0.25, 0.3) is 0 Å². The van der Waals surface area contributed by atoms with Gasteiger partial charge >= 0.3 is 5.97 Å². The van der Waals surface area contributed by atoms with Crippen LogP contribution in [0.4, 0.5) is 0 Å². The number of benzene rings is 2. The van der Waals surface area contributed by atoms with Gasteiger partial charge in [-0.05, 0) is 41.7 Å². The van der Waals surface area contributed by atoms with E-state index in [4.69, 9.17) is 14.6 Å². The average Bonchev–Trinajstić information content (AvgIpc) is 2.58. The van der Waals surface area contributed by atoms with Gasteiger partial charge in [-0.15, -0.1) is 0 Å². The van der Waals surface area contributed by atoms with Crippen LogP contribution in [0.5, 0.6) is 11.5 Å². The molecule has 0 aromatic heterocycles. The third kappa shape index (κ3) is 5.61. The van der Waals surface area contributed by atoms with Crippen molar-refractivity contribution in [3.05, 3.63) is 59.7 Å². The van der Waals surface area contributed by atoms with Crippen molar-refractivity contribution in [2.75, 3.05) is 13.2 Å². The molecular weight excluding hydrogens is 304 g/mol. The maximum Gasteiger partial charge on any atom is 0.303 e. The first-order valence-electron chi connectivity index (χ1n) is 8.21. The van der Waals surface area contributed by atoms with Crippen LogP contribution in [0.1, 0.15) is 37.3 Å². The zero-order chi connectivity index (χ0) is 17.4. The van der Waals surface area contributed by atoms with E-state index in [1.54, 1.807) is 0 Å². The van der Waals surface area contributed by atoms with E-state index in [9.17, 15) is 4.79 Å². The van der Waals surface area contributed by atoms with Crippen LogP contribution in [0.3, 0.4) is 0 Å². The van der Waals surface area contributed by atoms with Crippen LogP contribution in [-0.2, 0) is 11.2 Å². The number of carboxylic acid groups (broad SMARTS) is 1. The lowest BCUT2D eigenvalue weighted by atomic mass is 10.0. The van der Waals surface area contributed by atoms with Crippen molar-refractivity contribution in [3.8, 4) is 11.5 Å². The molecule has 4 heteroatoms. The van der Waals surface area contributed by atoms with Gasteiger partial charge in [0.25, 0.3) is 0 Å². The largest absolute Gasteiger partial charge is 0.490 e. The Balaban J connectivity index is 1.77. The summed E-state index contributed by atoms with van der Waals surface area (Å²) in [6.45, 7) is 5.22. The Morgan fingerprint density at radius 2 is 1.67 bits per heavy atom. The minimum Gasteiger partial charge on any atom is -0.490 e. The molecule has 0 unspecified atom stereocenters. The lowest BCUT2D eigenvalue weighted by Crippen LogP contribution is -2.10. The van der Waals surface area contributed by atoms with Crippen molar-refractivity contribution >= 4 is 5.97 Å². The summed E-state index contributed by atoms with van der Waals surface area (Å²) in [5, 5.41) is 8.68. The quantitative estimate of drug-likeness (QED) is 0.698. The number of para-hydroxylation sites is 1. The van der Waals surface area contributed by atoms with Gasteiger partial charge in [0.15, 0.2) is 0 Å². The number of carbonyl (C=O) groups is 1. The molecule has 0 radical (unpaired) electrons. The van der Waals surface area contributed by atoms with Crippen molar-refractivity contribution in [1.82, 2.24) is 0 Å². The first kappa shape index (κ1) is 17.9. The molecule has 0 atom stereocenters. The molecule has 2 aromatic carbocycles. The second kappa shape index (κ2) is 8.96. The number of carboxylic acids is 1. The Hall–Kier alpha value is -2.49. The molecule has 0 aliphatic rings. The highest BCUT2D eigenvalue weighted by molar-refractivity contribution is 5.67. The van der Waals surface area contributed by atoms with E-state index in [-0.39, 0.29) is 6.42 Å². The number of aryl methyl sites for hydroxylation is 1. The van der Waals surface area contributed by atoms with Gasteiger partial charge in [0.2, 0.25) is 0 Å². The van der Waals surface area contributed by atoms with Gasteiger partial charge in [0, 0.05) is 6.42 Å². The Morgan fingerprint density at radius 3 is 2.33 bits per heavy atom. The van der Waals surface area contributed by atoms with E-state index in [1.165, 1.54) is 5.56 Å². The summed E-state index contributed by atoms with van der Waals surface area (Å²) in [5.41, 5.74) is 2.19. The van der Waals surface area contributed by atoms with Gasteiger partial charge in [0.05, 0.1) is 0 Å². The summed E-state index contributed by atoms with van der Waals surface area (Å²) in [4.78, 5) is 10.6. The fraction of sp³-hybridized carbons (Fsp3) is 0.350. The van der Waals surface area contributed by atoms with Crippen LogP contribution in [-0.4, -0.2) is 24.3 Å². The number of hydrogen-bond donors (Lipinski definition) is 1. The zero-order valence-electron chi connectivity index (χ0n) is 14.2. The molecule has 2 aromatic rings. The van der Waals surface area contributed by atoms with Crippen molar-refractivity contribution in [3.63, 3.8) is 0 Å². The first-order valence-corrected chi connectivity index (χ1v) is 8.21. The van der Waals surface area contributed by atoms with E-state index >= 15 is 0 Å². The van der Waals surface area contributed by atoms with Crippen LogP contribution < -0.4 is 9.47 Å². The topological polar surface area (TPSA) is 55.8 Å². The van der Waals surface area contributed by atoms with E-state index in [1.807, 2.05) is 42.5 Å². The van der Waals surface area contributed by atoms with Crippen molar-refractivity contribution < 1.29 is 19.4 Å². The molecule has 0 fully saturated rings. The van der Waals surface area contributed by atoms with Crippen molar-refractivity contribution in [1.29, 1.82) is 0 Å². The average molecular weight is 328 g/mol. The lowest BCUT2D eigenvalue weighted by molar-refractivity contribution is -0.136. The minimum absolute atomic E-state index is 0.142. The van der Waals surface area contributed by atoms with E-state index in [0.29, 0.717) is 25.6 Å². The fourth-order valence-corrected chi connectivity index (χ4v) is 2.40. The summed E-state index contributed by atoms with van der Waals surface area (Å²) in [5.74, 6) is 1.30. The minimum atomic E-state index is -0.783. The van der Waals surface area contributed by atoms with E-state index in [0.717, 1.165) is 17.1 Å². The third-order valence-corrected chi connectivity index (χ3v) is 3.70. The van der Waals surface area contributed by atoms with Crippen molar-refractivity contribution in [2.24, 2.45) is 0 Å². The van der Waals surface area contributed by atoms with Crippen LogP contribution in [0.15, 0.2) is 48.5 Å². The summed E-state index contributed by atoms with van der Waals surface area (Å²) in [6, 6.07) is 15.6. The molecule has 2 rings (SSSR count). The van der Waals surface area contributed by atoms with Crippen molar-refractivity contribution in [2.45, 2.75) is 32.6 Å². The molecule has 0 aliphatic carbocycles. The highest BCUT2D eigenvalue weighted by atomic mass is 16.5. The molecule has 0 heterocycles. The maximum absolute atomic E-state index is 10.6. The predicted molar refractivity (Wildman–Crippen MR) is 93.9 cm³/mol. The molecule has 128 valence electrons. The molecule has 4 nitrogen and oxygen atoms in total. The molecule has 1 N–H and O–H groups in total. The van der Waals surface area contributed by atoms with Crippen LogP contribution in [0.2, 0.25) is 0 Å².